The third-order valence-corrected chi connectivity index (χ3v) is 2.60. The van der Waals surface area contributed by atoms with E-state index in [1.807, 2.05) is 0 Å². The van der Waals surface area contributed by atoms with Crippen LogP contribution in [0.3, 0.4) is 0 Å². The third kappa shape index (κ3) is 1.94. The van der Waals surface area contributed by atoms with Crippen LogP contribution in [0.25, 0.3) is 6.08 Å². The number of phenols is 1. The Kier molecular flexibility index (Phi) is 3.22. The van der Waals surface area contributed by atoms with Crippen molar-refractivity contribution in [3.05, 3.63) is 22.7 Å². The predicted molar refractivity (Wildman–Crippen MR) is 62.2 cm³/mol. The second-order valence-electron chi connectivity index (χ2n) is 3.29. The molecule has 0 unspecified atom stereocenters. The fourth-order valence-electron chi connectivity index (χ4n) is 1.51. The lowest BCUT2D eigenvalue weighted by atomic mass is 10.1. The van der Waals surface area contributed by atoms with Crippen molar-refractivity contribution in [1.29, 1.82) is 0 Å². The van der Waals surface area contributed by atoms with Crippen LogP contribution in [0.5, 0.6) is 17.2 Å². The lowest BCUT2D eigenvalue weighted by molar-refractivity contribution is 0.170. The Morgan fingerprint density at radius 3 is 2.94 bits per heavy atom. The van der Waals surface area contributed by atoms with Gasteiger partial charge in [-0.2, -0.15) is 0 Å². The minimum absolute atomic E-state index is 0.0254. The number of hydrogen-bond acceptors (Lipinski definition) is 4. The number of phenolic OH excluding ortho intramolecular Hbond substituents is 1. The molecule has 16 heavy (non-hydrogen) atoms. The van der Waals surface area contributed by atoms with Crippen LogP contribution < -0.4 is 15.2 Å². The Morgan fingerprint density at radius 2 is 2.19 bits per heavy atom. The zero-order valence-electron chi connectivity index (χ0n) is 8.57. The van der Waals surface area contributed by atoms with E-state index < -0.39 is 0 Å². The van der Waals surface area contributed by atoms with Crippen molar-refractivity contribution in [3.63, 3.8) is 0 Å². The van der Waals surface area contributed by atoms with Crippen molar-refractivity contribution in [1.82, 2.24) is 0 Å². The Bertz CT molecular complexity index is 432. The molecule has 0 amide bonds. The van der Waals surface area contributed by atoms with Crippen LogP contribution in [-0.2, 0) is 0 Å². The maximum atomic E-state index is 9.62. The van der Waals surface area contributed by atoms with Gasteiger partial charge in [0.15, 0.2) is 11.5 Å². The predicted octanol–water partition coefficient (Wildman–Crippen LogP) is 1.79. The van der Waals surface area contributed by atoms with E-state index in [9.17, 15) is 5.11 Å². The minimum atomic E-state index is -0.0254. The Morgan fingerprint density at radius 1 is 1.44 bits per heavy atom. The van der Waals surface area contributed by atoms with Crippen molar-refractivity contribution in [2.45, 2.75) is 0 Å². The average Bonchev–Trinajstić information content (AvgIpc) is 2.30. The number of hydrogen-bond donors (Lipinski definition) is 2. The van der Waals surface area contributed by atoms with E-state index in [1.165, 1.54) is 6.07 Å². The van der Waals surface area contributed by atoms with Gasteiger partial charge in [-0.15, -0.1) is 0 Å². The second kappa shape index (κ2) is 4.63. The number of fused-ring (bicyclic) bond motifs is 1. The summed E-state index contributed by atoms with van der Waals surface area (Å²) in [6.07, 6.45) is 3.45. The van der Waals surface area contributed by atoms with E-state index in [0.717, 1.165) is 0 Å². The maximum absolute atomic E-state index is 9.62. The van der Waals surface area contributed by atoms with Gasteiger partial charge < -0.3 is 20.3 Å². The first-order chi connectivity index (χ1) is 7.74. The highest BCUT2D eigenvalue weighted by molar-refractivity contribution is 6.33. The highest BCUT2D eigenvalue weighted by Crippen LogP contribution is 2.43. The average molecular weight is 242 g/mol. The second-order valence-corrected chi connectivity index (χ2v) is 3.66. The van der Waals surface area contributed by atoms with Crippen molar-refractivity contribution in [2.24, 2.45) is 5.73 Å². The first-order valence-corrected chi connectivity index (χ1v) is 5.29. The molecule has 5 heteroatoms. The molecule has 1 aliphatic rings. The number of benzene rings is 1. The van der Waals surface area contributed by atoms with Crippen molar-refractivity contribution < 1.29 is 14.6 Å². The van der Waals surface area contributed by atoms with Gasteiger partial charge in [-0.3, -0.25) is 0 Å². The zero-order valence-corrected chi connectivity index (χ0v) is 9.33. The molecule has 1 aromatic rings. The maximum Gasteiger partial charge on any atom is 0.170 e. The largest absolute Gasteiger partial charge is 0.506 e. The van der Waals surface area contributed by atoms with Gasteiger partial charge in [0.05, 0.1) is 5.02 Å². The summed E-state index contributed by atoms with van der Waals surface area (Å²) < 4.78 is 10.8. The van der Waals surface area contributed by atoms with Crippen LogP contribution in [0.1, 0.15) is 5.56 Å². The summed E-state index contributed by atoms with van der Waals surface area (Å²) in [6, 6.07) is 1.45. The van der Waals surface area contributed by atoms with Crippen LogP contribution >= 0.6 is 11.6 Å². The molecule has 0 aromatic heterocycles. The fraction of sp³-hybridized carbons (Fsp3) is 0.273. The van der Waals surface area contributed by atoms with Crippen LogP contribution in [0.15, 0.2) is 12.1 Å². The molecule has 3 N–H and O–H groups in total. The number of ether oxygens (including phenoxy) is 2. The molecule has 0 bridgehead atoms. The first kappa shape index (κ1) is 11.1. The van der Waals surface area contributed by atoms with Crippen LogP contribution in [-0.4, -0.2) is 24.9 Å². The van der Waals surface area contributed by atoms with Crippen molar-refractivity contribution in [3.8, 4) is 17.2 Å². The Labute approximate surface area is 98.2 Å². The normalized spacial score (nSPS) is 14.4. The molecular formula is C11H12ClNO3. The summed E-state index contributed by atoms with van der Waals surface area (Å²) in [5, 5.41) is 9.87. The lowest BCUT2D eigenvalue weighted by Gasteiger charge is -2.21. The topological polar surface area (TPSA) is 64.7 Å². The zero-order chi connectivity index (χ0) is 11.5. The molecule has 0 aliphatic carbocycles. The molecule has 0 atom stereocenters. The lowest BCUT2D eigenvalue weighted by Crippen LogP contribution is -2.16. The standard InChI is InChI=1S/C11H12ClNO3/c12-10-7(2-1-3-13)11-9(6-8(10)14)15-4-5-16-11/h1-2,6,14H,3-5,13H2/b2-1+. The van der Waals surface area contributed by atoms with Crippen molar-refractivity contribution >= 4 is 17.7 Å². The summed E-state index contributed by atoms with van der Waals surface area (Å²) in [5.41, 5.74) is 5.98. The summed E-state index contributed by atoms with van der Waals surface area (Å²) in [7, 11) is 0. The molecule has 1 heterocycles. The summed E-state index contributed by atoms with van der Waals surface area (Å²) in [4.78, 5) is 0. The molecule has 0 spiro atoms. The van der Waals surface area contributed by atoms with E-state index in [4.69, 9.17) is 26.8 Å². The number of nitrogens with two attached hydrogens (primary N) is 1. The smallest absolute Gasteiger partial charge is 0.170 e. The SMILES string of the molecule is NC/C=C/c1c(Cl)c(O)cc2c1OCCO2. The number of rotatable bonds is 2. The third-order valence-electron chi connectivity index (χ3n) is 2.21. The fourth-order valence-corrected chi connectivity index (χ4v) is 1.71. The van der Waals surface area contributed by atoms with Gasteiger partial charge >= 0.3 is 0 Å². The molecule has 4 nitrogen and oxygen atoms in total. The van der Waals surface area contributed by atoms with Crippen LogP contribution in [0.2, 0.25) is 5.02 Å². The molecule has 0 saturated carbocycles. The van der Waals surface area contributed by atoms with Gasteiger partial charge in [-0.1, -0.05) is 23.8 Å². The Balaban J connectivity index is 2.54. The van der Waals surface area contributed by atoms with Crippen LogP contribution in [0, 0.1) is 0 Å². The molecule has 0 fully saturated rings. The quantitative estimate of drug-likeness (QED) is 0.829. The summed E-state index contributed by atoms with van der Waals surface area (Å²) >= 11 is 5.99. The highest BCUT2D eigenvalue weighted by atomic mass is 35.5. The molecule has 2 rings (SSSR count). The van der Waals surface area contributed by atoms with Crippen molar-refractivity contribution in [2.75, 3.05) is 19.8 Å². The first-order valence-electron chi connectivity index (χ1n) is 4.91. The highest BCUT2D eigenvalue weighted by Gasteiger charge is 2.20. The minimum Gasteiger partial charge on any atom is -0.506 e. The molecule has 1 aromatic carbocycles. The molecule has 1 aliphatic heterocycles. The van der Waals surface area contributed by atoms with Gasteiger partial charge in [-0.25, -0.2) is 0 Å². The van der Waals surface area contributed by atoms with Gasteiger partial charge in [0.2, 0.25) is 0 Å². The monoisotopic (exact) mass is 241 g/mol. The van der Waals surface area contributed by atoms with Gasteiger partial charge in [-0.05, 0) is 0 Å². The number of halogens is 1. The summed E-state index contributed by atoms with van der Waals surface area (Å²) in [6.45, 7) is 1.33. The molecule has 0 saturated heterocycles. The summed E-state index contributed by atoms with van der Waals surface area (Å²) in [5.74, 6) is 1.03. The van der Waals surface area contributed by atoms with E-state index >= 15 is 0 Å². The van der Waals surface area contributed by atoms with Gasteiger partial charge in [0.1, 0.15) is 19.0 Å². The molecular weight excluding hydrogens is 230 g/mol. The van der Waals surface area contributed by atoms with E-state index in [2.05, 4.69) is 0 Å². The van der Waals surface area contributed by atoms with Gasteiger partial charge in [0.25, 0.3) is 0 Å². The molecule has 86 valence electrons. The van der Waals surface area contributed by atoms with E-state index in [-0.39, 0.29) is 10.8 Å². The number of aromatic hydroxyl groups is 1. The van der Waals surface area contributed by atoms with Gasteiger partial charge in [0, 0.05) is 18.2 Å². The van der Waals surface area contributed by atoms with E-state index in [0.29, 0.717) is 36.8 Å². The Hall–Kier alpha value is -1.39. The molecule has 0 radical (unpaired) electrons. The van der Waals surface area contributed by atoms with Crippen LogP contribution in [0.4, 0.5) is 0 Å². The van der Waals surface area contributed by atoms with E-state index in [1.54, 1.807) is 12.2 Å².